The molecule has 0 aromatic heterocycles. The number of para-hydroxylation sites is 1. The number of nitro groups is 1. The molecule has 2 aromatic carbocycles. The van der Waals surface area contributed by atoms with Gasteiger partial charge in [-0.05, 0) is 24.3 Å². The van der Waals surface area contributed by atoms with Crippen LogP contribution in [0.4, 0.5) is 30.2 Å². The van der Waals surface area contributed by atoms with Gasteiger partial charge in [0.1, 0.15) is 11.8 Å². The van der Waals surface area contributed by atoms with E-state index in [2.05, 4.69) is 5.32 Å². The third-order valence-corrected chi connectivity index (χ3v) is 5.19. The lowest BCUT2D eigenvalue weighted by Crippen LogP contribution is -2.47. The molecule has 1 N–H and O–H groups in total. The Kier molecular flexibility index (Phi) is 6.95. The van der Waals surface area contributed by atoms with E-state index in [0.717, 1.165) is 12.1 Å². The number of nitro benzene ring substituents is 1. The fourth-order valence-corrected chi connectivity index (χ4v) is 3.49. The lowest BCUT2D eigenvalue weighted by molar-refractivity contribution is -0.384. The number of carbonyl (C=O) groups is 1. The predicted octanol–water partition coefficient (Wildman–Crippen LogP) is 3.64. The van der Waals surface area contributed by atoms with E-state index < -0.39 is 22.4 Å². The van der Waals surface area contributed by atoms with Crippen molar-refractivity contribution in [3.05, 3.63) is 63.7 Å². The summed E-state index contributed by atoms with van der Waals surface area (Å²) >= 11 is 0. The van der Waals surface area contributed by atoms with Crippen LogP contribution in [0.5, 0.6) is 0 Å². The first kappa shape index (κ1) is 23.0. The second kappa shape index (κ2) is 9.65. The molecule has 0 spiro atoms. The Balaban J connectivity index is 1.56. The van der Waals surface area contributed by atoms with Gasteiger partial charge in [0, 0.05) is 45.2 Å². The minimum absolute atomic E-state index is 0.147. The molecule has 0 saturated carbocycles. The molecule has 0 radical (unpaired) electrons. The van der Waals surface area contributed by atoms with Crippen LogP contribution >= 0.6 is 0 Å². The molecule has 1 heterocycles. The van der Waals surface area contributed by atoms with E-state index in [4.69, 9.17) is 5.26 Å². The number of benzene rings is 2. The Labute approximate surface area is 182 Å². The van der Waals surface area contributed by atoms with Crippen LogP contribution in [0, 0.1) is 21.4 Å². The first-order valence-electron chi connectivity index (χ1n) is 9.81. The summed E-state index contributed by atoms with van der Waals surface area (Å²) in [6, 6.07) is 11.2. The maximum atomic E-state index is 12.9. The molecule has 0 atom stereocenters. The number of hydrogen-bond acceptors (Lipinski definition) is 6. The number of nitrogens with one attached hydrogen (secondary N) is 1. The van der Waals surface area contributed by atoms with Gasteiger partial charge in [0.2, 0.25) is 5.91 Å². The lowest BCUT2D eigenvalue weighted by Gasteiger charge is -2.35. The zero-order valence-electron chi connectivity index (χ0n) is 16.9. The number of carbonyl (C=O) groups excluding carboxylic acids is 1. The molecule has 8 nitrogen and oxygen atoms in total. The van der Waals surface area contributed by atoms with Crippen LogP contribution in [-0.4, -0.2) is 48.5 Å². The summed E-state index contributed by atoms with van der Waals surface area (Å²) in [5.41, 5.74) is -0.681. The normalized spacial score (nSPS) is 14.6. The van der Waals surface area contributed by atoms with Crippen molar-refractivity contribution in [3.63, 3.8) is 0 Å². The number of halogens is 3. The van der Waals surface area contributed by atoms with Crippen molar-refractivity contribution < 1.29 is 22.9 Å². The Bertz CT molecular complexity index is 1040. The smallest absolute Gasteiger partial charge is 0.363 e. The molecule has 2 aromatic rings. The second-order valence-corrected chi connectivity index (χ2v) is 7.24. The number of nitrogens with zero attached hydrogens (tertiary/aromatic N) is 4. The van der Waals surface area contributed by atoms with Gasteiger partial charge < -0.3 is 10.2 Å². The number of anilines is 2. The van der Waals surface area contributed by atoms with E-state index in [1.54, 1.807) is 29.2 Å². The van der Waals surface area contributed by atoms with Crippen molar-refractivity contribution in [2.45, 2.75) is 12.6 Å². The second-order valence-electron chi connectivity index (χ2n) is 7.24. The van der Waals surface area contributed by atoms with Crippen molar-refractivity contribution >= 4 is 23.0 Å². The largest absolute Gasteiger partial charge is 0.416 e. The van der Waals surface area contributed by atoms with Crippen LogP contribution in [-0.2, 0) is 11.0 Å². The summed E-state index contributed by atoms with van der Waals surface area (Å²) in [5, 5.41) is 23.1. The Morgan fingerprint density at radius 3 is 2.47 bits per heavy atom. The molecule has 1 fully saturated rings. The average molecular weight is 447 g/mol. The first-order valence-corrected chi connectivity index (χ1v) is 9.81. The number of amides is 1. The lowest BCUT2D eigenvalue weighted by atomic mass is 10.1. The highest BCUT2D eigenvalue weighted by molar-refractivity contribution is 5.92. The molecular formula is C21H20F3N5O3. The third-order valence-electron chi connectivity index (χ3n) is 5.19. The first-order chi connectivity index (χ1) is 15.2. The molecule has 11 heteroatoms. The number of nitriles is 1. The number of piperazine rings is 1. The molecule has 168 valence electrons. The summed E-state index contributed by atoms with van der Waals surface area (Å²) in [4.78, 5) is 26.4. The fourth-order valence-electron chi connectivity index (χ4n) is 3.49. The van der Waals surface area contributed by atoms with Crippen molar-refractivity contribution in [2.24, 2.45) is 0 Å². The van der Waals surface area contributed by atoms with E-state index in [1.165, 1.54) is 0 Å². The van der Waals surface area contributed by atoms with Crippen molar-refractivity contribution in [2.75, 3.05) is 42.9 Å². The minimum Gasteiger partial charge on any atom is -0.363 e. The van der Waals surface area contributed by atoms with Crippen LogP contribution in [0.1, 0.15) is 17.5 Å². The quantitative estimate of drug-likeness (QED) is 0.536. The van der Waals surface area contributed by atoms with Crippen molar-refractivity contribution in [1.29, 1.82) is 5.26 Å². The number of alkyl halides is 3. The van der Waals surface area contributed by atoms with E-state index in [-0.39, 0.29) is 18.0 Å². The van der Waals surface area contributed by atoms with E-state index in [0.29, 0.717) is 50.0 Å². The average Bonchev–Trinajstić information content (AvgIpc) is 2.77. The molecule has 0 aliphatic carbocycles. The Morgan fingerprint density at radius 2 is 1.84 bits per heavy atom. The molecular weight excluding hydrogens is 427 g/mol. The number of hydrogen-bond donors (Lipinski definition) is 1. The van der Waals surface area contributed by atoms with Crippen LogP contribution in [0.3, 0.4) is 0 Å². The number of rotatable bonds is 6. The SMILES string of the molecule is N#Cc1ccccc1NC(=O)CCN1CCN(c2ccc(C(F)(F)F)cc2[N+](=O)[O-])CC1. The topological polar surface area (TPSA) is 103 Å². The highest BCUT2D eigenvalue weighted by atomic mass is 19.4. The van der Waals surface area contributed by atoms with E-state index in [9.17, 15) is 28.1 Å². The van der Waals surface area contributed by atoms with Crippen LogP contribution in [0.25, 0.3) is 0 Å². The summed E-state index contributed by atoms with van der Waals surface area (Å²) in [6.07, 6.45) is -4.46. The highest BCUT2D eigenvalue weighted by Crippen LogP contribution is 2.36. The summed E-state index contributed by atoms with van der Waals surface area (Å²) < 4.78 is 38.7. The molecule has 1 aliphatic rings. The molecule has 1 aliphatic heterocycles. The molecule has 3 rings (SSSR count). The zero-order valence-corrected chi connectivity index (χ0v) is 16.9. The van der Waals surface area contributed by atoms with E-state index >= 15 is 0 Å². The van der Waals surface area contributed by atoms with E-state index in [1.807, 2.05) is 11.0 Å². The molecule has 0 bridgehead atoms. The maximum absolute atomic E-state index is 12.9. The zero-order chi connectivity index (χ0) is 23.3. The molecule has 1 saturated heterocycles. The van der Waals surface area contributed by atoms with Gasteiger partial charge >= 0.3 is 6.18 Å². The predicted molar refractivity (Wildman–Crippen MR) is 111 cm³/mol. The van der Waals surface area contributed by atoms with Gasteiger partial charge in [-0.1, -0.05) is 12.1 Å². The van der Waals surface area contributed by atoms with Crippen LogP contribution < -0.4 is 10.2 Å². The van der Waals surface area contributed by atoms with Crippen molar-refractivity contribution in [1.82, 2.24) is 4.90 Å². The van der Waals surface area contributed by atoms with Gasteiger partial charge in [-0.25, -0.2) is 0 Å². The summed E-state index contributed by atoms with van der Waals surface area (Å²) in [7, 11) is 0. The standard InChI is InChI=1S/C21H20F3N5O3/c22-21(23,24)16-5-6-18(19(13-16)29(31)32)28-11-9-27(10-12-28)8-7-20(30)26-17-4-2-1-3-15(17)14-25/h1-6,13H,7-12H2,(H,26,30). The van der Waals surface area contributed by atoms with Gasteiger partial charge in [-0.15, -0.1) is 0 Å². The van der Waals surface area contributed by atoms with Crippen LogP contribution in [0.2, 0.25) is 0 Å². The third kappa shape index (κ3) is 5.53. The van der Waals surface area contributed by atoms with Gasteiger partial charge in [0.15, 0.2) is 0 Å². The van der Waals surface area contributed by atoms with Gasteiger partial charge in [0.05, 0.1) is 21.7 Å². The summed E-state index contributed by atoms with van der Waals surface area (Å²) in [6.45, 7) is 2.21. The van der Waals surface area contributed by atoms with Crippen molar-refractivity contribution in [3.8, 4) is 6.07 Å². The fraction of sp³-hybridized carbons (Fsp3) is 0.333. The monoisotopic (exact) mass is 447 g/mol. The van der Waals surface area contributed by atoms with Gasteiger partial charge in [0.25, 0.3) is 5.69 Å². The molecule has 0 unspecified atom stereocenters. The molecule has 32 heavy (non-hydrogen) atoms. The Hall–Kier alpha value is -3.65. The van der Waals surface area contributed by atoms with Crippen LogP contribution in [0.15, 0.2) is 42.5 Å². The summed E-state index contributed by atoms with van der Waals surface area (Å²) in [5.74, 6) is -0.242. The van der Waals surface area contributed by atoms with Gasteiger partial charge in [-0.2, -0.15) is 18.4 Å². The maximum Gasteiger partial charge on any atom is 0.416 e. The van der Waals surface area contributed by atoms with Gasteiger partial charge in [-0.3, -0.25) is 19.8 Å². The molecule has 1 amide bonds. The Morgan fingerprint density at radius 1 is 1.16 bits per heavy atom. The highest BCUT2D eigenvalue weighted by Gasteiger charge is 2.34. The minimum atomic E-state index is -4.66.